The molecule has 230 valence electrons. The van der Waals surface area contributed by atoms with E-state index in [1.807, 2.05) is 13.0 Å². The second kappa shape index (κ2) is 14.6. The zero-order valence-corrected chi connectivity index (χ0v) is 23.1. The third-order valence-corrected chi connectivity index (χ3v) is 7.99. The summed E-state index contributed by atoms with van der Waals surface area (Å²) in [7, 11) is 0. The number of hydrogen-bond acceptors (Lipinski definition) is 13. The first-order valence-corrected chi connectivity index (χ1v) is 14.3. The van der Waals surface area contributed by atoms with Crippen LogP contribution in [0, 0.1) is 11.8 Å². The molecule has 1 saturated carbocycles. The summed E-state index contributed by atoms with van der Waals surface area (Å²) in [4.78, 5) is 12.9. The molecule has 1 aliphatic carbocycles. The first-order valence-electron chi connectivity index (χ1n) is 14.3. The van der Waals surface area contributed by atoms with Gasteiger partial charge in [0.1, 0.15) is 36.3 Å². The van der Waals surface area contributed by atoms with Crippen LogP contribution in [0.1, 0.15) is 32.6 Å². The van der Waals surface area contributed by atoms with E-state index in [0.717, 1.165) is 0 Å². The average molecular weight is 574 g/mol. The van der Waals surface area contributed by atoms with Gasteiger partial charge in [0.15, 0.2) is 12.6 Å². The Kier molecular flexibility index (Phi) is 11.5. The summed E-state index contributed by atoms with van der Waals surface area (Å²) in [5.41, 5.74) is 11.9. The number of carbonyl (C=O) groups is 1. The normalized spacial score (nSPS) is 38.5. The topological polar surface area (TPSA) is 223 Å². The van der Waals surface area contributed by atoms with Gasteiger partial charge in [0.2, 0.25) is 5.91 Å². The van der Waals surface area contributed by atoms with Crippen LogP contribution < -0.4 is 27.4 Å². The van der Waals surface area contributed by atoms with Gasteiger partial charge in [-0.2, -0.15) is 0 Å². The molecule has 4 aliphatic rings. The van der Waals surface area contributed by atoms with E-state index < -0.39 is 67.2 Å². The Morgan fingerprint density at radius 1 is 1.23 bits per heavy atom. The van der Waals surface area contributed by atoms with Gasteiger partial charge < -0.3 is 66.8 Å². The van der Waals surface area contributed by atoms with Crippen LogP contribution in [0.4, 0.5) is 0 Å². The summed E-state index contributed by atoms with van der Waals surface area (Å²) >= 11 is 0. The van der Waals surface area contributed by atoms with Crippen molar-refractivity contribution in [2.45, 2.75) is 93.9 Å². The minimum absolute atomic E-state index is 0.149. The Morgan fingerprint density at radius 3 is 2.67 bits per heavy atom. The molecule has 0 aromatic rings. The quantitative estimate of drug-likeness (QED) is 0.111. The number of aliphatic hydroxyl groups is 4. The highest BCUT2D eigenvalue weighted by Crippen LogP contribution is 2.31. The lowest BCUT2D eigenvalue weighted by molar-refractivity contribution is -0.282. The number of amides is 1. The maximum absolute atomic E-state index is 12.9. The summed E-state index contributed by atoms with van der Waals surface area (Å²) in [5.74, 6) is 0.0300. The van der Waals surface area contributed by atoms with Gasteiger partial charge in [-0.1, -0.05) is 6.92 Å². The fraction of sp³-hybridized carbons (Fsp3) is 0.885. The molecule has 2 unspecified atom stereocenters. The number of aliphatic hydroxyl groups excluding tert-OH is 4. The molecule has 14 nitrogen and oxygen atoms in total. The highest BCUT2D eigenvalue weighted by molar-refractivity contribution is 5.81. The van der Waals surface area contributed by atoms with Crippen LogP contribution in [-0.4, -0.2) is 127 Å². The fourth-order valence-electron chi connectivity index (χ4n) is 5.49. The van der Waals surface area contributed by atoms with Crippen molar-refractivity contribution >= 4 is 5.91 Å². The minimum Gasteiger partial charge on any atom is -0.468 e. The Bertz CT molecular complexity index is 849. The van der Waals surface area contributed by atoms with Gasteiger partial charge in [-0.05, 0) is 31.3 Å². The number of nitrogens with one attached hydrogen (secondary N) is 3. The van der Waals surface area contributed by atoms with Crippen molar-refractivity contribution in [3.63, 3.8) is 0 Å². The molecule has 40 heavy (non-hydrogen) atoms. The maximum atomic E-state index is 12.9. The molecule has 3 fully saturated rings. The number of rotatable bonds is 12. The maximum Gasteiger partial charge on any atom is 0.249 e. The van der Waals surface area contributed by atoms with Crippen molar-refractivity contribution in [2.24, 2.45) is 23.3 Å². The number of hydrogen-bond donors (Lipinski definition) is 9. The molecule has 3 aliphatic heterocycles. The second-order valence-corrected chi connectivity index (χ2v) is 11.5. The van der Waals surface area contributed by atoms with Gasteiger partial charge >= 0.3 is 0 Å². The molecule has 4 rings (SSSR count). The molecular formula is C26H47N5O9. The molecule has 3 heterocycles. The van der Waals surface area contributed by atoms with Crippen LogP contribution in [0.3, 0.4) is 0 Å². The van der Waals surface area contributed by atoms with Crippen molar-refractivity contribution in [1.29, 1.82) is 0 Å². The average Bonchev–Trinajstić information content (AvgIpc) is 2.89. The Balaban J connectivity index is 1.41. The van der Waals surface area contributed by atoms with Crippen molar-refractivity contribution in [2.75, 3.05) is 39.3 Å². The molecule has 1 amide bonds. The molecule has 11 atom stereocenters. The second-order valence-electron chi connectivity index (χ2n) is 11.5. The highest BCUT2D eigenvalue weighted by atomic mass is 16.7. The Morgan fingerprint density at radius 2 is 2.00 bits per heavy atom. The van der Waals surface area contributed by atoms with Crippen molar-refractivity contribution < 1.29 is 44.2 Å². The lowest BCUT2D eigenvalue weighted by atomic mass is 9.83. The summed E-state index contributed by atoms with van der Waals surface area (Å²) in [6, 6.07) is -1.44. The summed E-state index contributed by atoms with van der Waals surface area (Å²) < 4.78 is 24.0. The molecule has 0 spiro atoms. The van der Waals surface area contributed by atoms with Crippen LogP contribution >= 0.6 is 0 Å². The summed E-state index contributed by atoms with van der Waals surface area (Å²) in [6.45, 7) is 4.28. The first-order chi connectivity index (χ1) is 19.2. The van der Waals surface area contributed by atoms with Crippen LogP contribution in [0.2, 0.25) is 0 Å². The van der Waals surface area contributed by atoms with E-state index in [1.54, 1.807) is 0 Å². The molecule has 0 radical (unpaired) electrons. The van der Waals surface area contributed by atoms with Gasteiger partial charge in [0.25, 0.3) is 0 Å². The summed E-state index contributed by atoms with van der Waals surface area (Å²) in [6.07, 6.45) is -3.82. The Labute approximate surface area is 234 Å². The molecule has 14 heteroatoms. The zero-order valence-electron chi connectivity index (χ0n) is 23.1. The van der Waals surface area contributed by atoms with Gasteiger partial charge in [-0.25, -0.2) is 0 Å². The molecule has 11 N–H and O–H groups in total. The summed E-state index contributed by atoms with van der Waals surface area (Å²) in [5, 5.41) is 51.1. The van der Waals surface area contributed by atoms with Gasteiger partial charge in [0, 0.05) is 44.6 Å². The van der Waals surface area contributed by atoms with E-state index >= 15 is 0 Å². The van der Waals surface area contributed by atoms with Crippen LogP contribution in [-0.2, 0) is 23.7 Å². The number of carbonyl (C=O) groups excluding carboxylic acids is 1. The van der Waals surface area contributed by atoms with Crippen LogP contribution in [0.15, 0.2) is 11.8 Å². The SMILES string of the molecule is C[C@@H]1CO[C@H](O[C@@H]2[C@@H](O)[C@H](O[C@@H]3CCC=C(CNCC(O)CN)O3)[C@@H](N)C[C@H]2NC(=O)C(O)C2CNC2)[C@H](O)C1. The van der Waals surface area contributed by atoms with E-state index in [0.29, 0.717) is 57.8 Å². The third-order valence-electron chi connectivity index (χ3n) is 7.99. The smallest absolute Gasteiger partial charge is 0.249 e. The van der Waals surface area contributed by atoms with Gasteiger partial charge in [-0.3, -0.25) is 4.79 Å². The molecular weight excluding hydrogens is 526 g/mol. The highest BCUT2D eigenvalue weighted by Gasteiger charge is 2.49. The van der Waals surface area contributed by atoms with Gasteiger partial charge in [0.05, 0.1) is 25.3 Å². The van der Waals surface area contributed by atoms with Gasteiger partial charge in [-0.15, -0.1) is 0 Å². The standard InChI is InChI=1S/C26H47N5O9/c1-13-5-19(33)26(37-12-13)40-24-18(31-25(36)21(34)14-8-29-9-14)6-17(28)23(22(24)35)39-20-4-2-3-16(38-20)11-30-10-15(32)7-27/h3,13-15,17-24,26,29-30,32-35H,2,4-12,27-28H2,1H3,(H,31,36)/t13-,15?,17-,18+,19+,20+,21?,22-,23+,24-,26+/m0/s1. The monoisotopic (exact) mass is 573 g/mol. The van der Waals surface area contributed by atoms with Crippen molar-refractivity contribution in [1.82, 2.24) is 16.0 Å². The lowest BCUT2D eigenvalue weighted by Gasteiger charge is -2.46. The number of allylic oxidation sites excluding steroid dienone is 1. The van der Waals surface area contributed by atoms with E-state index in [1.165, 1.54) is 0 Å². The van der Waals surface area contributed by atoms with Crippen molar-refractivity contribution in [3.8, 4) is 0 Å². The number of ether oxygens (including phenoxy) is 4. The van der Waals surface area contributed by atoms with E-state index in [9.17, 15) is 25.2 Å². The van der Waals surface area contributed by atoms with E-state index in [-0.39, 0.29) is 24.8 Å². The van der Waals surface area contributed by atoms with Crippen molar-refractivity contribution in [3.05, 3.63) is 11.8 Å². The van der Waals surface area contributed by atoms with E-state index in [2.05, 4.69) is 16.0 Å². The number of nitrogens with two attached hydrogens (primary N) is 2. The minimum atomic E-state index is -1.29. The molecule has 2 saturated heterocycles. The zero-order chi connectivity index (χ0) is 28.8. The fourth-order valence-corrected chi connectivity index (χ4v) is 5.49. The predicted octanol–water partition coefficient (Wildman–Crippen LogP) is -3.41. The molecule has 0 bridgehead atoms. The van der Waals surface area contributed by atoms with Crippen LogP contribution in [0.25, 0.3) is 0 Å². The molecule has 0 aromatic carbocycles. The predicted molar refractivity (Wildman–Crippen MR) is 142 cm³/mol. The largest absolute Gasteiger partial charge is 0.468 e. The Hall–Kier alpha value is -1.43. The third kappa shape index (κ3) is 8.10. The van der Waals surface area contributed by atoms with E-state index in [4.69, 9.17) is 30.4 Å². The lowest BCUT2D eigenvalue weighted by Crippen LogP contribution is -2.67. The van der Waals surface area contributed by atoms with Crippen LogP contribution in [0.5, 0.6) is 0 Å². The molecule has 0 aromatic heterocycles. The first kappa shape index (κ1) is 31.5.